The van der Waals surface area contributed by atoms with Crippen molar-refractivity contribution in [2.24, 2.45) is 0 Å². The molecule has 98 valence electrons. The quantitative estimate of drug-likeness (QED) is 0.415. The van der Waals surface area contributed by atoms with Gasteiger partial charge in [-0.2, -0.15) is 0 Å². The Bertz CT molecular complexity index is 136. The minimum atomic E-state index is -1.51. The highest BCUT2D eigenvalue weighted by Gasteiger charge is 2.33. The third-order valence-corrected chi connectivity index (χ3v) is 7.03. The van der Waals surface area contributed by atoms with Crippen LogP contribution in [0.25, 0.3) is 0 Å². The van der Waals surface area contributed by atoms with Gasteiger partial charge in [-0.25, -0.2) is 0 Å². The Kier molecular flexibility index (Phi) is 10.3. The molecule has 16 heavy (non-hydrogen) atoms. The predicted molar refractivity (Wildman–Crippen MR) is 70.3 cm³/mol. The predicted octanol–water partition coefficient (Wildman–Crippen LogP) is 2.57. The number of ether oxygens (including phenoxy) is 3. The molecule has 0 atom stereocenters. The Hall–Kier alpha value is 0.0969. The van der Waals surface area contributed by atoms with Gasteiger partial charge in [0.2, 0.25) is 0 Å². The lowest BCUT2D eigenvalue weighted by atomic mass is 10.2. The zero-order valence-corrected chi connectivity index (χ0v) is 12.4. The topological polar surface area (TPSA) is 27.7 Å². The zero-order chi connectivity index (χ0) is 12.3. The van der Waals surface area contributed by atoms with Crippen LogP contribution in [0.4, 0.5) is 0 Å². The van der Waals surface area contributed by atoms with Gasteiger partial charge in [0.1, 0.15) is 8.07 Å². The van der Waals surface area contributed by atoms with Crippen LogP contribution >= 0.6 is 0 Å². The second kappa shape index (κ2) is 10.3. The first kappa shape index (κ1) is 16.1. The minimum Gasteiger partial charge on any atom is -0.388 e. The lowest BCUT2D eigenvalue weighted by molar-refractivity contribution is 0.188. The summed E-state index contributed by atoms with van der Waals surface area (Å²) in [5, 5.41) is 0. The van der Waals surface area contributed by atoms with Gasteiger partial charge >= 0.3 is 0 Å². The molecule has 0 fully saturated rings. The fraction of sp³-hybridized carbons (Fsp3) is 1.00. The number of rotatable bonds is 11. The molecule has 0 N–H and O–H groups in total. The zero-order valence-electron chi connectivity index (χ0n) is 11.4. The van der Waals surface area contributed by atoms with E-state index in [4.69, 9.17) is 14.2 Å². The molecule has 0 amide bonds. The van der Waals surface area contributed by atoms with Crippen molar-refractivity contribution in [1.29, 1.82) is 0 Å². The summed E-state index contributed by atoms with van der Waals surface area (Å²) >= 11 is 0. The van der Waals surface area contributed by atoms with Crippen molar-refractivity contribution in [3.05, 3.63) is 0 Å². The van der Waals surface area contributed by atoms with Crippen molar-refractivity contribution in [3.8, 4) is 0 Å². The summed E-state index contributed by atoms with van der Waals surface area (Å²) in [5.74, 6) is 0. The van der Waals surface area contributed by atoms with Gasteiger partial charge in [0.15, 0.2) is 0 Å². The van der Waals surface area contributed by atoms with Gasteiger partial charge in [-0.05, 0) is 0 Å². The molecule has 0 unspecified atom stereocenters. The maximum absolute atomic E-state index is 5.37. The van der Waals surface area contributed by atoms with Gasteiger partial charge in [-0.1, -0.05) is 38.7 Å². The highest BCUT2D eigenvalue weighted by Crippen LogP contribution is 2.17. The molecule has 0 saturated heterocycles. The van der Waals surface area contributed by atoms with E-state index in [1.165, 1.54) is 31.7 Å². The van der Waals surface area contributed by atoms with E-state index in [2.05, 4.69) is 6.92 Å². The Morgan fingerprint density at radius 1 is 0.750 bits per heavy atom. The molecular weight excluding hydrogens is 220 g/mol. The molecule has 0 rings (SSSR count). The van der Waals surface area contributed by atoms with Gasteiger partial charge in [0.25, 0.3) is 0 Å². The third kappa shape index (κ3) is 6.63. The minimum absolute atomic E-state index is 0.848. The van der Waals surface area contributed by atoms with Crippen molar-refractivity contribution in [2.45, 2.75) is 38.7 Å². The Morgan fingerprint density at radius 2 is 1.25 bits per heavy atom. The lowest BCUT2D eigenvalue weighted by Crippen LogP contribution is -2.50. The monoisotopic (exact) mass is 248 g/mol. The second-order valence-corrected chi connectivity index (χ2v) is 8.98. The van der Waals surface area contributed by atoms with Crippen LogP contribution < -0.4 is 0 Å². The van der Waals surface area contributed by atoms with E-state index in [1.54, 1.807) is 21.3 Å². The summed E-state index contributed by atoms with van der Waals surface area (Å²) in [6, 6.07) is 1.25. The van der Waals surface area contributed by atoms with E-state index in [0.717, 1.165) is 18.7 Å². The van der Waals surface area contributed by atoms with Crippen LogP contribution in [0.2, 0.25) is 6.04 Å². The van der Waals surface area contributed by atoms with Crippen LogP contribution in [0, 0.1) is 0 Å². The number of methoxy groups -OCH3 is 3. The highest BCUT2D eigenvalue weighted by molar-refractivity contribution is 6.79. The average molecular weight is 248 g/mol. The fourth-order valence-electron chi connectivity index (χ4n) is 2.19. The van der Waals surface area contributed by atoms with E-state index in [9.17, 15) is 0 Å². The van der Waals surface area contributed by atoms with Crippen LogP contribution in [0.5, 0.6) is 0 Å². The smallest absolute Gasteiger partial charge is 0.140 e. The second-order valence-electron chi connectivity index (χ2n) is 4.61. The van der Waals surface area contributed by atoms with Crippen LogP contribution in [-0.2, 0) is 14.2 Å². The number of unbranched alkanes of at least 4 members (excludes halogenated alkanes) is 3. The summed E-state index contributed by atoms with van der Waals surface area (Å²) in [6.45, 7) is 2.24. The van der Waals surface area contributed by atoms with E-state index >= 15 is 0 Å². The van der Waals surface area contributed by atoms with Crippen molar-refractivity contribution < 1.29 is 14.2 Å². The molecule has 0 aliphatic rings. The molecule has 0 aromatic heterocycles. The molecule has 0 saturated carbocycles. The summed E-state index contributed by atoms with van der Waals surface area (Å²) in [5.41, 5.74) is 0. The maximum atomic E-state index is 5.37. The summed E-state index contributed by atoms with van der Waals surface area (Å²) < 4.78 is 16.1. The maximum Gasteiger partial charge on any atom is 0.140 e. The molecule has 0 heterocycles. The van der Waals surface area contributed by atoms with E-state index < -0.39 is 8.07 Å². The van der Waals surface area contributed by atoms with Gasteiger partial charge in [0, 0.05) is 40.0 Å². The molecule has 0 aliphatic heterocycles. The first-order valence-corrected chi connectivity index (χ1v) is 9.04. The largest absolute Gasteiger partial charge is 0.388 e. The van der Waals surface area contributed by atoms with Crippen molar-refractivity contribution in [2.75, 3.05) is 40.0 Å². The molecule has 0 spiro atoms. The first-order valence-electron chi connectivity index (χ1n) is 6.21. The van der Waals surface area contributed by atoms with Crippen molar-refractivity contribution in [3.63, 3.8) is 0 Å². The highest BCUT2D eigenvalue weighted by atomic mass is 28.3. The first-order chi connectivity index (χ1) is 7.74. The van der Waals surface area contributed by atoms with Gasteiger partial charge < -0.3 is 14.2 Å². The van der Waals surface area contributed by atoms with E-state index in [-0.39, 0.29) is 0 Å². The molecule has 0 radical (unpaired) electrons. The normalized spacial score (nSPS) is 12.0. The molecule has 0 aromatic rings. The Morgan fingerprint density at radius 3 is 1.62 bits per heavy atom. The third-order valence-electron chi connectivity index (χ3n) is 2.91. The molecule has 0 aliphatic carbocycles. The van der Waals surface area contributed by atoms with Crippen LogP contribution in [-0.4, -0.2) is 48.1 Å². The van der Waals surface area contributed by atoms with Crippen molar-refractivity contribution >= 4 is 8.07 Å². The molecular formula is C12H28O3Si. The fourth-order valence-corrected chi connectivity index (χ4v) is 5.71. The Balaban J connectivity index is 4.12. The van der Waals surface area contributed by atoms with Crippen LogP contribution in [0.15, 0.2) is 0 Å². The molecule has 0 bridgehead atoms. The van der Waals surface area contributed by atoms with E-state index in [1.807, 2.05) is 0 Å². The molecule has 0 aromatic carbocycles. The summed E-state index contributed by atoms with van der Waals surface area (Å²) in [4.78, 5) is 0. The number of hydrogen-bond acceptors (Lipinski definition) is 3. The summed E-state index contributed by atoms with van der Waals surface area (Å²) in [7, 11) is 3.82. The molecule has 4 heteroatoms. The van der Waals surface area contributed by atoms with Crippen LogP contribution in [0.3, 0.4) is 0 Å². The Labute approximate surface area is 101 Å². The van der Waals surface area contributed by atoms with E-state index in [0.29, 0.717) is 0 Å². The van der Waals surface area contributed by atoms with Gasteiger partial charge in [0.05, 0.1) is 0 Å². The lowest BCUT2D eigenvalue weighted by Gasteiger charge is -2.29. The SMILES string of the molecule is CCCCCC[Si](COC)(COC)COC. The average Bonchev–Trinajstić information content (AvgIpc) is 2.26. The van der Waals surface area contributed by atoms with Gasteiger partial charge in [-0.15, -0.1) is 0 Å². The summed E-state index contributed by atoms with van der Waals surface area (Å²) in [6.07, 6.45) is 7.77. The van der Waals surface area contributed by atoms with Gasteiger partial charge in [-0.3, -0.25) is 0 Å². The molecule has 3 nitrogen and oxygen atoms in total. The standard InChI is InChI=1S/C12H28O3Si/c1-5-6-7-8-9-16(10-13-2,11-14-3)12-15-4/h5-12H2,1-4H3. The van der Waals surface area contributed by atoms with Crippen LogP contribution in [0.1, 0.15) is 32.6 Å². The number of hydrogen-bond donors (Lipinski definition) is 0. The van der Waals surface area contributed by atoms with Crippen molar-refractivity contribution in [1.82, 2.24) is 0 Å².